The fourth-order valence-electron chi connectivity index (χ4n) is 1.10. The zero-order valence-corrected chi connectivity index (χ0v) is 9.37. The lowest BCUT2D eigenvalue weighted by Gasteiger charge is -2.15. The fraction of sp³-hybridized carbons (Fsp3) is 0.400. The molecule has 2 amide bonds. The van der Waals surface area contributed by atoms with Crippen LogP contribution in [0.4, 0.5) is 4.79 Å². The molecule has 1 fully saturated rings. The number of hydroxylamine groups is 2. The van der Waals surface area contributed by atoms with Gasteiger partial charge in [-0.05, 0) is 0 Å². The minimum atomic E-state index is -1.35. The SMILES string of the molecule is C#CC(=O)OC(C)OC(=O)ON1C(=O)CCC1=O. The van der Waals surface area contributed by atoms with Crippen molar-refractivity contribution in [2.24, 2.45) is 0 Å². The number of carbonyl (C=O) groups excluding carboxylic acids is 4. The van der Waals surface area contributed by atoms with Gasteiger partial charge in [0.05, 0.1) is 0 Å². The number of rotatable bonds is 3. The Morgan fingerprint density at radius 3 is 2.33 bits per heavy atom. The molecule has 0 aliphatic carbocycles. The van der Waals surface area contributed by atoms with Crippen molar-refractivity contribution in [2.45, 2.75) is 26.1 Å². The summed E-state index contributed by atoms with van der Waals surface area (Å²) in [5.41, 5.74) is 0. The molecule has 0 N–H and O–H groups in total. The van der Waals surface area contributed by atoms with Gasteiger partial charge < -0.3 is 9.47 Å². The van der Waals surface area contributed by atoms with Crippen LogP contribution in [0, 0.1) is 12.3 Å². The number of imide groups is 1. The summed E-state index contributed by atoms with van der Waals surface area (Å²) < 4.78 is 8.84. The highest BCUT2D eigenvalue weighted by atomic mass is 16.9. The van der Waals surface area contributed by atoms with Crippen molar-refractivity contribution < 1.29 is 33.5 Å². The molecule has 0 aromatic carbocycles. The summed E-state index contributed by atoms with van der Waals surface area (Å²) in [6.45, 7) is 1.21. The topological polar surface area (TPSA) is 99.2 Å². The van der Waals surface area contributed by atoms with Gasteiger partial charge in [-0.3, -0.25) is 14.4 Å². The van der Waals surface area contributed by atoms with E-state index in [2.05, 4.69) is 14.3 Å². The summed E-state index contributed by atoms with van der Waals surface area (Å²) in [4.78, 5) is 48.3. The second kappa shape index (κ2) is 5.67. The van der Waals surface area contributed by atoms with Crippen molar-refractivity contribution in [1.82, 2.24) is 5.06 Å². The highest BCUT2D eigenvalue weighted by Crippen LogP contribution is 2.13. The maximum Gasteiger partial charge on any atom is 0.537 e. The lowest BCUT2D eigenvalue weighted by Crippen LogP contribution is -2.34. The largest absolute Gasteiger partial charge is 0.537 e. The first-order valence-corrected chi connectivity index (χ1v) is 4.85. The lowest BCUT2D eigenvalue weighted by molar-refractivity contribution is -0.189. The second-order valence-corrected chi connectivity index (χ2v) is 3.16. The Morgan fingerprint density at radius 2 is 1.83 bits per heavy atom. The van der Waals surface area contributed by atoms with E-state index < -0.39 is 30.2 Å². The van der Waals surface area contributed by atoms with Crippen LogP contribution in [-0.4, -0.2) is 35.3 Å². The first-order chi connectivity index (χ1) is 8.43. The van der Waals surface area contributed by atoms with Gasteiger partial charge in [0, 0.05) is 25.7 Å². The first kappa shape index (κ1) is 13.5. The van der Waals surface area contributed by atoms with Crippen LogP contribution in [-0.2, 0) is 28.7 Å². The molecule has 1 aliphatic rings. The number of ether oxygens (including phenoxy) is 2. The molecule has 0 saturated carbocycles. The Bertz CT molecular complexity index is 420. The van der Waals surface area contributed by atoms with Crippen LogP contribution in [0.1, 0.15) is 19.8 Å². The minimum Gasteiger partial charge on any atom is -0.416 e. The molecule has 1 heterocycles. The van der Waals surface area contributed by atoms with Crippen LogP contribution in [0.5, 0.6) is 0 Å². The number of carbonyl (C=O) groups is 4. The van der Waals surface area contributed by atoms with Crippen LogP contribution < -0.4 is 0 Å². The van der Waals surface area contributed by atoms with E-state index in [-0.39, 0.29) is 12.8 Å². The van der Waals surface area contributed by atoms with Gasteiger partial charge in [-0.15, -0.1) is 6.42 Å². The summed E-state index contributed by atoms with van der Waals surface area (Å²) in [6, 6.07) is 0. The van der Waals surface area contributed by atoms with Gasteiger partial charge in [-0.2, -0.15) is 0 Å². The minimum absolute atomic E-state index is 0.0340. The highest BCUT2D eigenvalue weighted by Gasteiger charge is 2.33. The second-order valence-electron chi connectivity index (χ2n) is 3.16. The van der Waals surface area contributed by atoms with E-state index in [1.54, 1.807) is 5.92 Å². The molecule has 1 unspecified atom stereocenters. The summed E-state index contributed by atoms with van der Waals surface area (Å²) in [5.74, 6) is -0.676. The zero-order valence-electron chi connectivity index (χ0n) is 9.37. The van der Waals surface area contributed by atoms with E-state index >= 15 is 0 Å². The van der Waals surface area contributed by atoms with Gasteiger partial charge in [0.2, 0.25) is 6.29 Å². The van der Waals surface area contributed by atoms with Crippen LogP contribution >= 0.6 is 0 Å². The molecular weight excluding hydrogens is 246 g/mol. The summed E-state index contributed by atoms with van der Waals surface area (Å²) >= 11 is 0. The monoisotopic (exact) mass is 255 g/mol. The molecule has 1 atom stereocenters. The lowest BCUT2D eigenvalue weighted by atomic mass is 10.4. The Hall–Kier alpha value is -2.56. The predicted octanol–water partition coefficient (Wildman–Crippen LogP) is -0.274. The molecule has 1 rings (SSSR count). The number of esters is 1. The van der Waals surface area contributed by atoms with Crippen LogP contribution in [0.2, 0.25) is 0 Å². The highest BCUT2D eigenvalue weighted by molar-refractivity contribution is 6.01. The number of hydrogen-bond acceptors (Lipinski definition) is 7. The molecule has 8 nitrogen and oxygen atoms in total. The summed E-state index contributed by atoms with van der Waals surface area (Å²) in [6.07, 6.45) is 2.01. The molecule has 1 saturated heterocycles. The van der Waals surface area contributed by atoms with Gasteiger partial charge in [-0.25, -0.2) is 9.59 Å². The number of hydrogen-bond donors (Lipinski definition) is 0. The van der Waals surface area contributed by atoms with E-state index in [9.17, 15) is 19.2 Å². The summed E-state index contributed by atoms with van der Waals surface area (Å²) in [7, 11) is 0. The summed E-state index contributed by atoms with van der Waals surface area (Å²) in [5, 5.41) is 0.304. The standard InChI is InChI=1S/C10H9NO7/c1-3-9(14)16-6(2)17-10(15)18-11-7(12)4-5-8(11)13/h1,6H,4-5H2,2H3. The van der Waals surface area contributed by atoms with E-state index in [0.717, 1.165) is 0 Å². The van der Waals surface area contributed by atoms with Crippen molar-refractivity contribution in [3.63, 3.8) is 0 Å². The molecule has 0 radical (unpaired) electrons. The third-order valence-electron chi connectivity index (χ3n) is 1.82. The number of amides is 2. The van der Waals surface area contributed by atoms with Crippen molar-refractivity contribution in [2.75, 3.05) is 0 Å². The smallest absolute Gasteiger partial charge is 0.416 e. The van der Waals surface area contributed by atoms with Crippen LogP contribution in [0.15, 0.2) is 0 Å². The predicted molar refractivity (Wildman–Crippen MR) is 53.0 cm³/mol. The Morgan fingerprint density at radius 1 is 1.28 bits per heavy atom. The molecule has 0 spiro atoms. The Kier molecular flexibility index (Phi) is 4.26. The average molecular weight is 255 g/mol. The van der Waals surface area contributed by atoms with Crippen molar-refractivity contribution in [3.8, 4) is 12.3 Å². The van der Waals surface area contributed by atoms with Crippen LogP contribution in [0.25, 0.3) is 0 Å². The van der Waals surface area contributed by atoms with Gasteiger partial charge in [0.15, 0.2) is 0 Å². The molecule has 18 heavy (non-hydrogen) atoms. The van der Waals surface area contributed by atoms with Gasteiger partial charge in [0.25, 0.3) is 11.8 Å². The maximum atomic E-state index is 11.1. The molecule has 0 bridgehead atoms. The first-order valence-electron chi connectivity index (χ1n) is 4.85. The van der Waals surface area contributed by atoms with Crippen LogP contribution in [0.3, 0.4) is 0 Å². The third kappa shape index (κ3) is 3.48. The maximum absolute atomic E-state index is 11.1. The fourth-order valence-corrected chi connectivity index (χ4v) is 1.10. The van der Waals surface area contributed by atoms with Crippen molar-refractivity contribution in [1.29, 1.82) is 0 Å². The average Bonchev–Trinajstić information content (AvgIpc) is 2.60. The zero-order chi connectivity index (χ0) is 13.7. The quantitative estimate of drug-likeness (QED) is 0.225. The van der Waals surface area contributed by atoms with Crippen molar-refractivity contribution in [3.05, 3.63) is 0 Å². The molecule has 8 heteroatoms. The molecule has 0 aromatic rings. The van der Waals surface area contributed by atoms with Crippen molar-refractivity contribution >= 4 is 23.9 Å². The number of terminal acetylenes is 1. The van der Waals surface area contributed by atoms with Gasteiger partial charge in [0.1, 0.15) is 0 Å². The van der Waals surface area contributed by atoms with E-state index in [4.69, 9.17) is 6.42 Å². The third-order valence-corrected chi connectivity index (χ3v) is 1.82. The van der Waals surface area contributed by atoms with E-state index in [1.165, 1.54) is 6.92 Å². The molecule has 0 aromatic heterocycles. The molecular formula is C10H9NO7. The number of nitrogens with zero attached hydrogens (tertiary/aromatic N) is 1. The van der Waals surface area contributed by atoms with Gasteiger partial charge in [-0.1, -0.05) is 5.06 Å². The normalized spacial score (nSPS) is 15.9. The molecule has 1 aliphatic heterocycles. The Balaban J connectivity index is 2.42. The Labute approximate surface area is 102 Å². The van der Waals surface area contributed by atoms with E-state index in [0.29, 0.717) is 5.06 Å². The van der Waals surface area contributed by atoms with E-state index in [1.807, 2.05) is 0 Å². The van der Waals surface area contributed by atoms with Gasteiger partial charge >= 0.3 is 12.1 Å². The molecule has 96 valence electrons.